The molecule has 3 rings (SSSR count). The summed E-state index contributed by atoms with van der Waals surface area (Å²) in [5.41, 5.74) is 1.70. The Kier molecular flexibility index (Phi) is 3.03. The third-order valence-electron chi connectivity index (χ3n) is 2.61. The van der Waals surface area contributed by atoms with Crippen LogP contribution in [0.2, 0.25) is 0 Å². The Bertz CT molecular complexity index is 769. The van der Waals surface area contributed by atoms with Crippen molar-refractivity contribution in [3.05, 3.63) is 39.6 Å². The van der Waals surface area contributed by atoms with Gasteiger partial charge in [-0.15, -0.1) is 10.2 Å². The van der Waals surface area contributed by atoms with E-state index >= 15 is 0 Å². The predicted molar refractivity (Wildman–Crippen MR) is 76.4 cm³/mol. The van der Waals surface area contributed by atoms with Crippen LogP contribution in [-0.2, 0) is 7.05 Å². The molecule has 0 saturated heterocycles. The number of rotatable bonds is 2. The number of nitrogens with zero attached hydrogens (tertiary/aromatic N) is 5. The second-order valence-corrected chi connectivity index (χ2v) is 5.21. The number of aromatic nitrogens is 6. The average molecular weight is 337 g/mol. The van der Waals surface area contributed by atoms with Crippen LogP contribution < -0.4 is 0 Å². The molecule has 1 aromatic carbocycles. The molecule has 96 valence electrons. The summed E-state index contributed by atoms with van der Waals surface area (Å²) in [6.07, 6.45) is 1.78. The minimum absolute atomic E-state index is 0.514. The Morgan fingerprint density at radius 1 is 1.26 bits per heavy atom. The highest BCUT2D eigenvalue weighted by Gasteiger charge is 2.11. The molecule has 0 saturated carbocycles. The van der Waals surface area contributed by atoms with Gasteiger partial charge in [0.25, 0.3) is 0 Å². The number of benzene rings is 1. The van der Waals surface area contributed by atoms with E-state index in [1.807, 2.05) is 24.3 Å². The van der Waals surface area contributed by atoms with Gasteiger partial charge < -0.3 is 0 Å². The van der Waals surface area contributed by atoms with Crippen LogP contribution in [0.4, 0.5) is 0 Å². The van der Waals surface area contributed by atoms with E-state index in [0.29, 0.717) is 10.5 Å². The standard InChI is InChI=1S/C11H9BrN6S/c1-17-15-10(14-16-17)9-6-13-18(11(9)19)8-4-2-7(12)3-5-8/h2-6,13H,1H3. The molecule has 0 spiro atoms. The molecule has 0 fully saturated rings. The molecule has 2 aromatic heterocycles. The van der Waals surface area contributed by atoms with Gasteiger partial charge in [0, 0.05) is 10.7 Å². The smallest absolute Gasteiger partial charge is 0.209 e. The zero-order valence-corrected chi connectivity index (χ0v) is 12.3. The topological polar surface area (TPSA) is 64.3 Å². The van der Waals surface area contributed by atoms with Gasteiger partial charge in [0.05, 0.1) is 18.3 Å². The third kappa shape index (κ3) is 2.24. The maximum atomic E-state index is 5.43. The highest BCUT2D eigenvalue weighted by Crippen LogP contribution is 2.19. The highest BCUT2D eigenvalue weighted by molar-refractivity contribution is 9.10. The Hall–Kier alpha value is -1.80. The monoisotopic (exact) mass is 336 g/mol. The van der Waals surface area contributed by atoms with E-state index in [-0.39, 0.29) is 0 Å². The van der Waals surface area contributed by atoms with Gasteiger partial charge in [-0.1, -0.05) is 28.1 Å². The lowest BCUT2D eigenvalue weighted by Gasteiger charge is -2.02. The molecule has 0 atom stereocenters. The largest absolute Gasteiger partial charge is 0.299 e. The van der Waals surface area contributed by atoms with Gasteiger partial charge >= 0.3 is 0 Å². The minimum Gasteiger partial charge on any atom is -0.299 e. The number of aromatic amines is 1. The number of aryl methyl sites for hydroxylation is 1. The minimum atomic E-state index is 0.514. The van der Waals surface area contributed by atoms with Crippen LogP contribution in [-0.4, -0.2) is 30.0 Å². The van der Waals surface area contributed by atoms with E-state index in [1.165, 1.54) is 4.80 Å². The first-order chi connectivity index (χ1) is 9.15. The van der Waals surface area contributed by atoms with Crippen LogP contribution in [0.5, 0.6) is 0 Å². The first kappa shape index (κ1) is 12.2. The van der Waals surface area contributed by atoms with Crippen molar-refractivity contribution in [1.82, 2.24) is 30.0 Å². The Balaban J connectivity index is 2.08. The summed E-state index contributed by atoms with van der Waals surface area (Å²) in [6.45, 7) is 0. The summed E-state index contributed by atoms with van der Waals surface area (Å²) in [6, 6.07) is 7.84. The zero-order valence-electron chi connectivity index (χ0n) is 9.91. The van der Waals surface area contributed by atoms with Crippen LogP contribution in [0, 0.1) is 4.64 Å². The van der Waals surface area contributed by atoms with Gasteiger partial charge in [-0.2, -0.15) is 4.80 Å². The van der Waals surface area contributed by atoms with Crippen molar-refractivity contribution in [3.63, 3.8) is 0 Å². The lowest BCUT2D eigenvalue weighted by Crippen LogP contribution is -1.95. The first-order valence-corrected chi connectivity index (χ1v) is 6.66. The van der Waals surface area contributed by atoms with Gasteiger partial charge in [0.15, 0.2) is 0 Å². The van der Waals surface area contributed by atoms with Crippen molar-refractivity contribution in [2.75, 3.05) is 0 Å². The van der Waals surface area contributed by atoms with E-state index in [4.69, 9.17) is 12.2 Å². The second-order valence-electron chi connectivity index (χ2n) is 3.91. The zero-order chi connectivity index (χ0) is 13.4. The molecule has 0 amide bonds. The number of halogens is 1. The molecule has 6 nitrogen and oxygen atoms in total. The molecular weight excluding hydrogens is 328 g/mol. The van der Waals surface area contributed by atoms with Crippen molar-refractivity contribution in [2.24, 2.45) is 7.05 Å². The van der Waals surface area contributed by atoms with Crippen LogP contribution >= 0.6 is 28.1 Å². The molecule has 3 aromatic rings. The second kappa shape index (κ2) is 4.71. The molecule has 1 N–H and O–H groups in total. The summed E-state index contributed by atoms with van der Waals surface area (Å²) in [5, 5.41) is 15.0. The molecule has 0 aliphatic rings. The summed E-state index contributed by atoms with van der Waals surface area (Å²) >= 11 is 8.84. The molecule has 0 bridgehead atoms. The summed E-state index contributed by atoms with van der Waals surface area (Å²) in [7, 11) is 1.72. The number of hydrogen-bond acceptors (Lipinski definition) is 4. The molecule has 0 aliphatic carbocycles. The van der Waals surface area contributed by atoms with Crippen LogP contribution in [0.25, 0.3) is 17.1 Å². The fourth-order valence-electron chi connectivity index (χ4n) is 1.70. The molecule has 0 unspecified atom stereocenters. The van der Waals surface area contributed by atoms with Gasteiger partial charge in [0.2, 0.25) is 5.82 Å². The van der Waals surface area contributed by atoms with Crippen molar-refractivity contribution >= 4 is 28.1 Å². The average Bonchev–Trinajstić information content (AvgIpc) is 2.97. The fourth-order valence-corrected chi connectivity index (χ4v) is 2.28. The van der Waals surface area contributed by atoms with E-state index in [2.05, 4.69) is 36.4 Å². The van der Waals surface area contributed by atoms with Crippen LogP contribution in [0.1, 0.15) is 0 Å². The lowest BCUT2D eigenvalue weighted by molar-refractivity contribution is 0.630. The normalized spacial score (nSPS) is 10.8. The van der Waals surface area contributed by atoms with Gasteiger partial charge in [-0.05, 0) is 29.5 Å². The maximum Gasteiger partial charge on any atom is 0.209 e. The highest BCUT2D eigenvalue weighted by atomic mass is 79.9. The SMILES string of the molecule is Cn1nnc(-c2c[nH]n(-c3ccc(Br)cc3)c2=S)n1. The van der Waals surface area contributed by atoms with E-state index < -0.39 is 0 Å². The van der Waals surface area contributed by atoms with Gasteiger partial charge in [-0.25, -0.2) is 4.68 Å². The quantitative estimate of drug-likeness (QED) is 0.730. The Labute approximate surface area is 122 Å². The van der Waals surface area contributed by atoms with Gasteiger partial charge in [0.1, 0.15) is 4.64 Å². The summed E-state index contributed by atoms with van der Waals surface area (Å²) in [5.74, 6) is 0.514. The van der Waals surface area contributed by atoms with Crippen molar-refractivity contribution in [2.45, 2.75) is 0 Å². The van der Waals surface area contributed by atoms with Crippen molar-refractivity contribution in [1.29, 1.82) is 0 Å². The van der Waals surface area contributed by atoms with E-state index in [9.17, 15) is 0 Å². The predicted octanol–water partition coefficient (Wildman–Crippen LogP) is 2.49. The third-order valence-corrected chi connectivity index (χ3v) is 3.54. The van der Waals surface area contributed by atoms with Crippen molar-refractivity contribution in [3.8, 4) is 17.1 Å². The molecule has 8 heteroatoms. The van der Waals surface area contributed by atoms with E-state index in [0.717, 1.165) is 15.7 Å². The Morgan fingerprint density at radius 3 is 2.63 bits per heavy atom. The molecule has 0 radical (unpaired) electrons. The number of nitrogens with one attached hydrogen (secondary N) is 1. The van der Waals surface area contributed by atoms with E-state index in [1.54, 1.807) is 17.9 Å². The summed E-state index contributed by atoms with van der Waals surface area (Å²) in [4.78, 5) is 1.40. The fraction of sp³-hybridized carbons (Fsp3) is 0.0909. The molecule has 2 heterocycles. The van der Waals surface area contributed by atoms with Crippen molar-refractivity contribution < 1.29 is 0 Å². The lowest BCUT2D eigenvalue weighted by atomic mass is 10.3. The summed E-state index contributed by atoms with van der Waals surface area (Å²) < 4.78 is 3.44. The molecule has 0 aliphatic heterocycles. The molecule has 19 heavy (non-hydrogen) atoms. The molecular formula is C11H9BrN6S. The number of tetrazole rings is 1. The number of H-pyrrole nitrogens is 1. The maximum absolute atomic E-state index is 5.43. The number of hydrogen-bond donors (Lipinski definition) is 1. The Morgan fingerprint density at radius 2 is 2.00 bits per heavy atom. The first-order valence-electron chi connectivity index (χ1n) is 5.46. The van der Waals surface area contributed by atoms with Crippen LogP contribution in [0.3, 0.4) is 0 Å². The van der Waals surface area contributed by atoms with Crippen LogP contribution in [0.15, 0.2) is 34.9 Å². The van der Waals surface area contributed by atoms with Gasteiger partial charge in [-0.3, -0.25) is 5.10 Å².